The van der Waals surface area contributed by atoms with Crippen LogP contribution in [0.4, 0.5) is 0 Å². The molecule has 1 saturated heterocycles. The van der Waals surface area contributed by atoms with Gasteiger partial charge in [0.05, 0.1) is 10.6 Å². The van der Waals surface area contributed by atoms with Gasteiger partial charge >= 0.3 is 0 Å². The van der Waals surface area contributed by atoms with Crippen LogP contribution in [0, 0.1) is 0 Å². The Bertz CT molecular complexity index is 520. The van der Waals surface area contributed by atoms with E-state index in [4.69, 9.17) is 4.74 Å². The Hall–Kier alpha value is -1.07. The van der Waals surface area contributed by atoms with Crippen molar-refractivity contribution in [1.29, 1.82) is 0 Å². The average Bonchev–Trinajstić information content (AvgIpc) is 2.50. The fraction of sp³-hybridized carbons (Fsp3) is 0.455. The SMILES string of the molecule is O=S1(=O)CCc2c(OC3CNC3)cccc21. The highest BCUT2D eigenvalue weighted by molar-refractivity contribution is 7.91. The molecule has 2 heterocycles. The smallest absolute Gasteiger partial charge is 0.179 e. The summed E-state index contributed by atoms with van der Waals surface area (Å²) in [5.41, 5.74) is 0.856. The molecule has 5 heteroatoms. The second kappa shape index (κ2) is 3.46. The molecule has 0 unspecified atom stereocenters. The Morgan fingerprint density at radius 3 is 2.81 bits per heavy atom. The molecule has 0 bridgehead atoms. The Balaban J connectivity index is 1.98. The van der Waals surface area contributed by atoms with Crippen molar-refractivity contribution in [2.45, 2.75) is 17.4 Å². The summed E-state index contributed by atoms with van der Waals surface area (Å²) < 4.78 is 29.2. The van der Waals surface area contributed by atoms with Crippen molar-refractivity contribution in [2.75, 3.05) is 18.8 Å². The Labute approximate surface area is 94.5 Å². The van der Waals surface area contributed by atoms with E-state index in [1.165, 1.54) is 0 Å². The Morgan fingerprint density at radius 2 is 2.12 bits per heavy atom. The third-order valence-electron chi connectivity index (χ3n) is 3.08. The first-order valence-electron chi connectivity index (χ1n) is 5.39. The van der Waals surface area contributed by atoms with Crippen LogP contribution in [0.15, 0.2) is 23.1 Å². The molecule has 2 aliphatic heterocycles. The van der Waals surface area contributed by atoms with E-state index in [0.29, 0.717) is 11.3 Å². The Kier molecular flexibility index (Phi) is 2.19. The lowest BCUT2D eigenvalue weighted by molar-refractivity contribution is 0.140. The van der Waals surface area contributed by atoms with Crippen molar-refractivity contribution < 1.29 is 13.2 Å². The lowest BCUT2D eigenvalue weighted by atomic mass is 10.1. The van der Waals surface area contributed by atoms with Crippen molar-refractivity contribution in [2.24, 2.45) is 0 Å². The molecule has 1 aromatic carbocycles. The van der Waals surface area contributed by atoms with Crippen molar-refractivity contribution in [3.05, 3.63) is 23.8 Å². The fourth-order valence-corrected chi connectivity index (χ4v) is 3.62. The average molecular weight is 239 g/mol. The topological polar surface area (TPSA) is 55.4 Å². The molecule has 3 rings (SSSR count). The summed E-state index contributed by atoms with van der Waals surface area (Å²) in [6, 6.07) is 5.28. The van der Waals surface area contributed by atoms with Crippen LogP contribution in [0.2, 0.25) is 0 Å². The van der Waals surface area contributed by atoms with Crippen molar-refractivity contribution >= 4 is 9.84 Å². The molecule has 0 radical (unpaired) electrons. The zero-order chi connectivity index (χ0) is 11.2. The highest BCUT2D eigenvalue weighted by Crippen LogP contribution is 2.33. The number of rotatable bonds is 2. The minimum atomic E-state index is -3.05. The van der Waals surface area contributed by atoms with Gasteiger partial charge in [-0.2, -0.15) is 0 Å². The summed E-state index contributed by atoms with van der Waals surface area (Å²) in [7, 11) is -3.05. The molecule has 2 aliphatic rings. The summed E-state index contributed by atoms with van der Waals surface area (Å²) >= 11 is 0. The second-order valence-corrected chi connectivity index (χ2v) is 6.28. The summed E-state index contributed by atoms with van der Waals surface area (Å²) in [5.74, 6) is 0.955. The highest BCUT2D eigenvalue weighted by atomic mass is 32.2. The number of nitrogens with one attached hydrogen (secondary N) is 1. The predicted molar refractivity (Wildman–Crippen MR) is 59.5 cm³/mol. The maximum atomic E-state index is 11.7. The van der Waals surface area contributed by atoms with E-state index in [1.54, 1.807) is 12.1 Å². The molecular formula is C11H13NO3S. The van der Waals surface area contributed by atoms with Crippen LogP contribution in [-0.4, -0.2) is 33.4 Å². The molecule has 0 aliphatic carbocycles. The Morgan fingerprint density at radius 1 is 1.31 bits per heavy atom. The van der Waals surface area contributed by atoms with E-state index in [0.717, 1.165) is 24.4 Å². The van der Waals surface area contributed by atoms with Crippen molar-refractivity contribution in [1.82, 2.24) is 5.32 Å². The second-order valence-electron chi connectivity index (χ2n) is 4.20. The third-order valence-corrected chi connectivity index (χ3v) is 4.88. The predicted octanol–water partition coefficient (Wildman–Crippen LogP) is 0.367. The van der Waals surface area contributed by atoms with Gasteiger partial charge in [0.25, 0.3) is 0 Å². The van der Waals surface area contributed by atoms with Gasteiger partial charge in [-0.1, -0.05) is 6.07 Å². The number of hydrogen-bond acceptors (Lipinski definition) is 4. The van der Waals surface area contributed by atoms with Crippen LogP contribution in [-0.2, 0) is 16.3 Å². The first-order valence-corrected chi connectivity index (χ1v) is 7.04. The standard InChI is InChI=1S/C11H13NO3S/c13-16(14)5-4-9-10(2-1-3-11(9)16)15-8-6-12-7-8/h1-3,8,12H,4-7H2. The van der Waals surface area contributed by atoms with Crippen LogP contribution in [0.25, 0.3) is 0 Å². The fourth-order valence-electron chi connectivity index (χ4n) is 2.07. The normalized spacial score (nSPS) is 22.5. The summed E-state index contributed by atoms with van der Waals surface area (Å²) in [4.78, 5) is 0.456. The molecule has 0 saturated carbocycles. The molecule has 4 nitrogen and oxygen atoms in total. The molecular weight excluding hydrogens is 226 g/mol. The van der Waals surface area contributed by atoms with Gasteiger partial charge in [0.15, 0.2) is 9.84 Å². The van der Waals surface area contributed by atoms with E-state index in [9.17, 15) is 8.42 Å². The van der Waals surface area contributed by atoms with Gasteiger partial charge in [0.1, 0.15) is 11.9 Å². The molecule has 0 atom stereocenters. The van der Waals surface area contributed by atoms with Gasteiger partial charge in [-0.05, 0) is 18.6 Å². The first-order chi connectivity index (χ1) is 7.67. The summed E-state index contributed by atoms with van der Waals surface area (Å²) in [6.45, 7) is 1.69. The van der Waals surface area contributed by atoms with Crippen LogP contribution in [0.1, 0.15) is 5.56 Å². The summed E-state index contributed by atoms with van der Waals surface area (Å²) in [6.07, 6.45) is 0.767. The molecule has 1 N–H and O–H groups in total. The molecule has 16 heavy (non-hydrogen) atoms. The van der Waals surface area contributed by atoms with Gasteiger partial charge in [0.2, 0.25) is 0 Å². The van der Waals surface area contributed by atoms with E-state index in [2.05, 4.69) is 5.32 Å². The number of hydrogen-bond donors (Lipinski definition) is 1. The zero-order valence-electron chi connectivity index (χ0n) is 8.77. The molecule has 0 amide bonds. The van der Waals surface area contributed by atoms with Crippen LogP contribution in [0.3, 0.4) is 0 Å². The van der Waals surface area contributed by atoms with E-state index in [-0.39, 0.29) is 11.9 Å². The maximum absolute atomic E-state index is 11.7. The number of fused-ring (bicyclic) bond motifs is 1. The molecule has 0 spiro atoms. The minimum absolute atomic E-state index is 0.190. The van der Waals surface area contributed by atoms with Gasteiger partial charge in [-0.3, -0.25) is 0 Å². The first kappa shape index (κ1) is 10.1. The minimum Gasteiger partial charge on any atom is -0.487 e. The number of benzene rings is 1. The summed E-state index contributed by atoms with van der Waals surface area (Å²) in [5, 5.41) is 3.12. The van der Waals surface area contributed by atoms with E-state index < -0.39 is 9.84 Å². The maximum Gasteiger partial charge on any atom is 0.179 e. The number of sulfone groups is 1. The van der Waals surface area contributed by atoms with Gasteiger partial charge in [-0.15, -0.1) is 0 Å². The van der Waals surface area contributed by atoms with Gasteiger partial charge in [-0.25, -0.2) is 8.42 Å². The lowest BCUT2D eigenvalue weighted by Gasteiger charge is -2.28. The van der Waals surface area contributed by atoms with Crippen molar-refractivity contribution in [3.8, 4) is 5.75 Å². The largest absolute Gasteiger partial charge is 0.487 e. The molecule has 0 aromatic heterocycles. The quantitative estimate of drug-likeness (QED) is 0.810. The van der Waals surface area contributed by atoms with E-state index in [1.807, 2.05) is 6.07 Å². The third kappa shape index (κ3) is 1.51. The monoisotopic (exact) mass is 239 g/mol. The molecule has 86 valence electrons. The zero-order valence-corrected chi connectivity index (χ0v) is 9.59. The van der Waals surface area contributed by atoms with Crippen LogP contribution in [0.5, 0.6) is 5.75 Å². The van der Waals surface area contributed by atoms with Gasteiger partial charge < -0.3 is 10.1 Å². The van der Waals surface area contributed by atoms with Gasteiger partial charge in [0, 0.05) is 18.7 Å². The lowest BCUT2D eigenvalue weighted by Crippen LogP contribution is -2.50. The molecule has 1 aromatic rings. The number of ether oxygens (including phenoxy) is 1. The van der Waals surface area contributed by atoms with Crippen LogP contribution < -0.4 is 10.1 Å². The van der Waals surface area contributed by atoms with Crippen molar-refractivity contribution in [3.63, 3.8) is 0 Å². The molecule has 1 fully saturated rings. The highest BCUT2D eigenvalue weighted by Gasteiger charge is 2.30. The van der Waals surface area contributed by atoms with Crippen LogP contribution >= 0.6 is 0 Å². The van der Waals surface area contributed by atoms with E-state index >= 15 is 0 Å².